The van der Waals surface area contributed by atoms with Crippen molar-refractivity contribution in [2.75, 3.05) is 49.1 Å². The highest BCUT2D eigenvalue weighted by molar-refractivity contribution is 5.44. The summed E-state index contributed by atoms with van der Waals surface area (Å²) in [6.07, 6.45) is 1.89. The SMILES string of the molecule is CCN1CCN(c2ccnc(N(CC)Cc3ccccc3)n2)CC1. The van der Waals surface area contributed by atoms with Crippen LogP contribution in [-0.2, 0) is 6.54 Å². The second-order valence-corrected chi connectivity index (χ2v) is 6.14. The number of benzene rings is 1. The largest absolute Gasteiger partial charge is 0.354 e. The Morgan fingerprint density at radius 3 is 2.42 bits per heavy atom. The van der Waals surface area contributed by atoms with E-state index in [0.29, 0.717) is 0 Å². The van der Waals surface area contributed by atoms with Crippen molar-refractivity contribution in [1.29, 1.82) is 0 Å². The Morgan fingerprint density at radius 1 is 1.00 bits per heavy atom. The Morgan fingerprint density at radius 2 is 1.75 bits per heavy atom. The van der Waals surface area contributed by atoms with E-state index in [2.05, 4.69) is 57.8 Å². The zero-order valence-electron chi connectivity index (χ0n) is 14.7. The van der Waals surface area contributed by atoms with E-state index in [1.54, 1.807) is 0 Å². The van der Waals surface area contributed by atoms with E-state index in [9.17, 15) is 0 Å². The van der Waals surface area contributed by atoms with Gasteiger partial charge in [0.1, 0.15) is 5.82 Å². The summed E-state index contributed by atoms with van der Waals surface area (Å²) >= 11 is 0. The van der Waals surface area contributed by atoms with Gasteiger partial charge in [-0.1, -0.05) is 37.3 Å². The third-order valence-electron chi connectivity index (χ3n) is 4.65. The van der Waals surface area contributed by atoms with E-state index in [4.69, 9.17) is 4.98 Å². The number of aromatic nitrogens is 2. The number of likely N-dealkylation sites (N-methyl/N-ethyl adjacent to an activating group) is 1. The van der Waals surface area contributed by atoms with Gasteiger partial charge in [-0.05, 0) is 25.1 Å². The van der Waals surface area contributed by atoms with Gasteiger partial charge in [-0.2, -0.15) is 4.98 Å². The van der Waals surface area contributed by atoms with Crippen LogP contribution in [0.4, 0.5) is 11.8 Å². The maximum absolute atomic E-state index is 4.84. The molecule has 128 valence electrons. The lowest BCUT2D eigenvalue weighted by atomic mass is 10.2. The van der Waals surface area contributed by atoms with Gasteiger partial charge in [0.15, 0.2) is 0 Å². The lowest BCUT2D eigenvalue weighted by molar-refractivity contribution is 0.270. The smallest absolute Gasteiger partial charge is 0.227 e. The van der Waals surface area contributed by atoms with Gasteiger partial charge in [-0.15, -0.1) is 0 Å². The van der Waals surface area contributed by atoms with Crippen LogP contribution in [0.2, 0.25) is 0 Å². The molecule has 1 aromatic heterocycles. The summed E-state index contributed by atoms with van der Waals surface area (Å²) in [6.45, 7) is 11.5. The highest BCUT2D eigenvalue weighted by Crippen LogP contribution is 2.18. The lowest BCUT2D eigenvalue weighted by Gasteiger charge is -2.35. The van der Waals surface area contributed by atoms with Crippen molar-refractivity contribution in [3.8, 4) is 0 Å². The highest BCUT2D eigenvalue weighted by Gasteiger charge is 2.18. The Labute approximate surface area is 144 Å². The van der Waals surface area contributed by atoms with E-state index in [1.165, 1.54) is 5.56 Å². The number of hydrogen-bond acceptors (Lipinski definition) is 5. The fourth-order valence-electron chi connectivity index (χ4n) is 3.09. The van der Waals surface area contributed by atoms with Crippen molar-refractivity contribution in [3.63, 3.8) is 0 Å². The molecule has 5 heteroatoms. The average molecular weight is 325 g/mol. The number of hydrogen-bond donors (Lipinski definition) is 0. The molecule has 0 saturated carbocycles. The van der Waals surface area contributed by atoms with E-state index in [1.807, 2.05) is 18.3 Å². The van der Waals surface area contributed by atoms with Gasteiger partial charge < -0.3 is 14.7 Å². The topological polar surface area (TPSA) is 35.5 Å². The number of rotatable bonds is 6. The van der Waals surface area contributed by atoms with Gasteiger partial charge in [0.25, 0.3) is 0 Å². The van der Waals surface area contributed by atoms with Crippen molar-refractivity contribution in [1.82, 2.24) is 14.9 Å². The summed E-state index contributed by atoms with van der Waals surface area (Å²) in [4.78, 5) is 16.4. The molecule has 0 radical (unpaired) electrons. The minimum absolute atomic E-state index is 0.816. The molecule has 0 aliphatic carbocycles. The van der Waals surface area contributed by atoms with Gasteiger partial charge in [0.05, 0.1) is 0 Å². The molecule has 1 aliphatic rings. The van der Waals surface area contributed by atoms with Gasteiger partial charge in [-0.25, -0.2) is 4.98 Å². The summed E-state index contributed by atoms with van der Waals surface area (Å²) in [5, 5.41) is 0. The third kappa shape index (κ3) is 4.03. The predicted molar refractivity (Wildman–Crippen MR) is 99.5 cm³/mol. The second kappa shape index (κ2) is 8.11. The van der Waals surface area contributed by atoms with Crippen LogP contribution in [0.3, 0.4) is 0 Å². The molecule has 1 aliphatic heterocycles. The first kappa shape index (κ1) is 16.7. The van der Waals surface area contributed by atoms with Crippen LogP contribution in [0, 0.1) is 0 Å². The van der Waals surface area contributed by atoms with Crippen LogP contribution in [0.5, 0.6) is 0 Å². The van der Waals surface area contributed by atoms with Crippen molar-refractivity contribution >= 4 is 11.8 Å². The van der Waals surface area contributed by atoms with E-state index < -0.39 is 0 Å². The molecule has 2 aromatic rings. The minimum atomic E-state index is 0.816. The maximum Gasteiger partial charge on any atom is 0.227 e. The second-order valence-electron chi connectivity index (χ2n) is 6.14. The van der Waals surface area contributed by atoms with Crippen LogP contribution >= 0.6 is 0 Å². The van der Waals surface area contributed by atoms with E-state index >= 15 is 0 Å². The molecule has 5 nitrogen and oxygen atoms in total. The first-order chi connectivity index (χ1) is 11.8. The monoisotopic (exact) mass is 325 g/mol. The Kier molecular flexibility index (Phi) is 5.64. The summed E-state index contributed by atoms with van der Waals surface area (Å²) in [5.41, 5.74) is 1.28. The van der Waals surface area contributed by atoms with E-state index in [-0.39, 0.29) is 0 Å². The van der Waals surface area contributed by atoms with Crippen LogP contribution in [0.15, 0.2) is 42.6 Å². The molecule has 0 unspecified atom stereocenters. The quantitative estimate of drug-likeness (QED) is 0.816. The minimum Gasteiger partial charge on any atom is -0.354 e. The normalized spacial score (nSPS) is 15.5. The summed E-state index contributed by atoms with van der Waals surface area (Å²) < 4.78 is 0. The van der Waals surface area contributed by atoms with Crippen LogP contribution in [-0.4, -0.2) is 54.1 Å². The van der Waals surface area contributed by atoms with Crippen molar-refractivity contribution in [2.45, 2.75) is 20.4 Å². The van der Waals surface area contributed by atoms with Crippen molar-refractivity contribution in [3.05, 3.63) is 48.2 Å². The predicted octanol–water partition coefficient (Wildman–Crippen LogP) is 2.65. The van der Waals surface area contributed by atoms with Crippen molar-refractivity contribution in [2.24, 2.45) is 0 Å². The van der Waals surface area contributed by atoms with E-state index in [0.717, 1.165) is 57.6 Å². The third-order valence-corrected chi connectivity index (χ3v) is 4.65. The van der Waals surface area contributed by atoms with Crippen LogP contribution < -0.4 is 9.80 Å². The average Bonchev–Trinajstić information content (AvgIpc) is 2.67. The zero-order chi connectivity index (χ0) is 16.8. The lowest BCUT2D eigenvalue weighted by Crippen LogP contribution is -2.46. The Balaban J connectivity index is 1.71. The molecule has 24 heavy (non-hydrogen) atoms. The number of piperazine rings is 1. The van der Waals surface area contributed by atoms with Gasteiger partial charge in [0, 0.05) is 45.5 Å². The summed E-state index contributed by atoms with van der Waals surface area (Å²) in [5.74, 6) is 1.86. The fraction of sp³-hybridized carbons (Fsp3) is 0.474. The van der Waals surface area contributed by atoms with Gasteiger partial charge in [-0.3, -0.25) is 0 Å². The van der Waals surface area contributed by atoms with Gasteiger partial charge in [0.2, 0.25) is 5.95 Å². The molecule has 0 spiro atoms. The summed E-state index contributed by atoms with van der Waals surface area (Å²) in [7, 11) is 0. The van der Waals surface area contributed by atoms with Gasteiger partial charge >= 0.3 is 0 Å². The Bertz CT molecular complexity index is 623. The molecule has 0 bridgehead atoms. The van der Waals surface area contributed by atoms with Crippen LogP contribution in [0.1, 0.15) is 19.4 Å². The molecular formula is C19H27N5. The first-order valence-corrected chi connectivity index (χ1v) is 8.89. The number of nitrogens with zero attached hydrogens (tertiary/aromatic N) is 5. The maximum atomic E-state index is 4.84. The first-order valence-electron chi connectivity index (χ1n) is 8.89. The molecular weight excluding hydrogens is 298 g/mol. The standard InChI is InChI=1S/C19H27N5/c1-3-22-12-14-24(15-13-22)18-10-11-20-19(21-18)23(4-2)16-17-8-6-5-7-9-17/h5-11H,3-4,12-16H2,1-2H3. The molecule has 1 fully saturated rings. The molecule has 1 saturated heterocycles. The zero-order valence-corrected chi connectivity index (χ0v) is 14.7. The Hall–Kier alpha value is -2.14. The molecule has 2 heterocycles. The number of anilines is 2. The molecule has 0 N–H and O–H groups in total. The van der Waals surface area contributed by atoms with Crippen LogP contribution in [0.25, 0.3) is 0 Å². The molecule has 3 rings (SSSR count). The fourth-order valence-corrected chi connectivity index (χ4v) is 3.09. The molecule has 1 aromatic carbocycles. The van der Waals surface area contributed by atoms with Crippen molar-refractivity contribution < 1.29 is 0 Å². The highest BCUT2D eigenvalue weighted by atomic mass is 15.3. The summed E-state index contributed by atoms with van der Waals surface area (Å²) in [6, 6.07) is 12.5. The molecule has 0 atom stereocenters. The molecule has 0 amide bonds.